The summed E-state index contributed by atoms with van der Waals surface area (Å²) in [4.78, 5) is 0. The summed E-state index contributed by atoms with van der Waals surface area (Å²) >= 11 is 14.3. The largest absolute Gasteiger partial charge is 0.120 e. The lowest BCUT2D eigenvalue weighted by atomic mass is 11.0. The second-order valence-corrected chi connectivity index (χ2v) is 4.51. The van der Waals surface area contributed by atoms with E-state index >= 15 is 0 Å². The lowest BCUT2D eigenvalue weighted by Gasteiger charge is -1.84. The number of rotatable bonds is 0. The van der Waals surface area contributed by atoms with Gasteiger partial charge in [0, 0.05) is 0 Å². The first-order valence-corrected chi connectivity index (χ1v) is 3.25. The van der Waals surface area contributed by atoms with Gasteiger partial charge in [0.05, 0.1) is 5.38 Å². The summed E-state index contributed by atoms with van der Waals surface area (Å²) in [6.45, 7) is 0. The lowest BCUT2D eigenvalue weighted by Crippen LogP contribution is -1.82. The minimum atomic E-state index is -0.242. The van der Waals surface area contributed by atoms with Gasteiger partial charge < -0.3 is 0 Å². The predicted octanol–water partition coefficient (Wildman–Crippen LogP) is 2.33. The standard InChI is InChI=1S/C3H3BrCl2/c4-3(6)1-2(3)5/h2H,1H2. The van der Waals surface area contributed by atoms with Crippen molar-refractivity contribution in [3.8, 4) is 0 Å². The fourth-order valence-electron chi connectivity index (χ4n) is 0.180. The smallest absolute Gasteiger partial charge is 0.117 e. The van der Waals surface area contributed by atoms with Crippen LogP contribution in [0.15, 0.2) is 0 Å². The van der Waals surface area contributed by atoms with Crippen LogP contribution in [0.25, 0.3) is 0 Å². The summed E-state index contributed by atoms with van der Waals surface area (Å²) in [6.07, 6.45) is 0.885. The van der Waals surface area contributed by atoms with E-state index in [1.165, 1.54) is 0 Å². The third-order valence-electron chi connectivity index (χ3n) is 0.750. The maximum absolute atomic E-state index is 5.58. The van der Waals surface area contributed by atoms with Crippen molar-refractivity contribution in [2.24, 2.45) is 0 Å². The van der Waals surface area contributed by atoms with Crippen molar-refractivity contribution < 1.29 is 0 Å². The summed E-state index contributed by atoms with van der Waals surface area (Å²) in [5.41, 5.74) is 0. The molecule has 0 bridgehead atoms. The van der Waals surface area contributed by atoms with Gasteiger partial charge in [0.1, 0.15) is 3.78 Å². The Labute approximate surface area is 54.9 Å². The van der Waals surface area contributed by atoms with E-state index < -0.39 is 0 Å². The molecule has 0 saturated heterocycles. The minimum absolute atomic E-state index is 0.152. The molecule has 0 radical (unpaired) electrons. The van der Waals surface area contributed by atoms with Crippen LogP contribution in [-0.4, -0.2) is 9.16 Å². The molecule has 0 N–H and O–H groups in total. The zero-order valence-electron chi connectivity index (χ0n) is 2.92. The Morgan fingerprint density at radius 1 is 1.83 bits per heavy atom. The third-order valence-corrected chi connectivity index (χ3v) is 2.95. The van der Waals surface area contributed by atoms with Crippen molar-refractivity contribution in [3.63, 3.8) is 0 Å². The van der Waals surface area contributed by atoms with E-state index in [1.807, 2.05) is 0 Å². The third kappa shape index (κ3) is 0.824. The molecule has 0 aliphatic heterocycles. The van der Waals surface area contributed by atoms with Crippen molar-refractivity contribution in [1.82, 2.24) is 0 Å². The van der Waals surface area contributed by atoms with Crippen LogP contribution in [0.4, 0.5) is 0 Å². The first-order chi connectivity index (χ1) is 2.63. The predicted molar refractivity (Wildman–Crippen MR) is 31.8 cm³/mol. The molecule has 36 valence electrons. The first kappa shape index (κ1) is 5.20. The quantitative estimate of drug-likeness (QED) is 0.514. The number of halogens is 3. The first-order valence-electron chi connectivity index (χ1n) is 1.65. The molecule has 0 aromatic rings. The Morgan fingerprint density at radius 3 is 2.00 bits per heavy atom. The zero-order chi connectivity index (χ0) is 4.78. The minimum Gasteiger partial charge on any atom is -0.120 e. The Balaban J connectivity index is 2.41. The van der Waals surface area contributed by atoms with E-state index in [0.29, 0.717) is 0 Å². The summed E-state index contributed by atoms with van der Waals surface area (Å²) in [5.74, 6) is 0. The Bertz CT molecular complexity index is 71.2. The number of alkyl halides is 3. The van der Waals surface area contributed by atoms with E-state index in [1.54, 1.807) is 0 Å². The van der Waals surface area contributed by atoms with Gasteiger partial charge in [0.25, 0.3) is 0 Å². The van der Waals surface area contributed by atoms with Gasteiger partial charge in [-0.15, -0.1) is 23.2 Å². The maximum atomic E-state index is 5.58. The van der Waals surface area contributed by atoms with Crippen molar-refractivity contribution >= 4 is 39.1 Å². The van der Waals surface area contributed by atoms with Crippen LogP contribution >= 0.6 is 39.1 Å². The molecule has 1 saturated carbocycles. The van der Waals surface area contributed by atoms with Crippen LogP contribution in [0.2, 0.25) is 0 Å². The highest BCUT2D eigenvalue weighted by atomic mass is 79.9. The molecule has 1 aliphatic carbocycles. The normalized spacial score (nSPS) is 55.5. The second-order valence-electron chi connectivity index (χ2n) is 1.43. The fourth-order valence-corrected chi connectivity index (χ4v) is 1.17. The molecular formula is C3H3BrCl2. The van der Waals surface area contributed by atoms with E-state index in [4.69, 9.17) is 23.2 Å². The van der Waals surface area contributed by atoms with E-state index in [9.17, 15) is 0 Å². The van der Waals surface area contributed by atoms with Gasteiger partial charge in [-0.1, -0.05) is 15.9 Å². The molecular weight excluding hydrogens is 187 g/mol. The molecule has 6 heavy (non-hydrogen) atoms. The Hall–Kier alpha value is 1.06. The molecule has 1 aliphatic rings. The van der Waals surface area contributed by atoms with E-state index in [-0.39, 0.29) is 9.16 Å². The summed E-state index contributed by atoms with van der Waals surface area (Å²) in [6, 6.07) is 0. The van der Waals surface area contributed by atoms with Crippen LogP contribution < -0.4 is 0 Å². The lowest BCUT2D eigenvalue weighted by molar-refractivity contribution is 1.42. The highest BCUT2D eigenvalue weighted by Gasteiger charge is 2.49. The maximum Gasteiger partial charge on any atom is 0.117 e. The molecule has 0 aromatic heterocycles. The fraction of sp³-hybridized carbons (Fsp3) is 1.00. The van der Waals surface area contributed by atoms with Crippen molar-refractivity contribution in [3.05, 3.63) is 0 Å². The molecule has 1 fully saturated rings. The van der Waals surface area contributed by atoms with E-state index in [2.05, 4.69) is 15.9 Å². The zero-order valence-corrected chi connectivity index (χ0v) is 6.02. The van der Waals surface area contributed by atoms with Crippen molar-refractivity contribution in [2.45, 2.75) is 15.6 Å². The van der Waals surface area contributed by atoms with Crippen molar-refractivity contribution in [2.75, 3.05) is 0 Å². The molecule has 2 unspecified atom stereocenters. The van der Waals surface area contributed by atoms with Crippen LogP contribution in [0.3, 0.4) is 0 Å². The van der Waals surface area contributed by atoms with Crippen LogP contribution in [0.5, 0.6) is 0 Å². The van der Waals surface area contributed by atoms with Gasteiger partial charge in [-0.25, -0.2) is 0 Å². The molecule has 1 rings (SSSR count). The molecule has 0 aromatic carbocycles. The average molecular weight is 190 g/mol. The molecule has 0 heterocycles. The average Bonchev–Trinajstić information content (AvgIpc) is 1.73. The van der Waals surface area contributed by atoms with Crippen LogP contribution in [0.1, 0.15) is 6.42 Å². The van der Waals surface area contributed by atoms with Gasteiger partial charge in [-0.3, -0.25) is 0 Å². The summed E-state index contributed by atoms with van der Waals surface area (Å²) in [7, 11) is 0. The number of hydrogen-bond acceptors (Lipinski definition) is 0. The van der Waals surface area contributed by atoms with Gasteiger partial charge in [0.15, 0.2) is 0 Å². The van der Waals surface area contributed by atoms with Gasteiger partial charge in [-0.05, 0) is 6.42 Å². The highest BCUT2D eigenvalue weighted by Crippen LogP contribution is 2.52. The van der Waals surface area contributed by atoms with Crippen LogP contribution in [0, 0.1) is 0 Å². The summed E-state index contributed by atoms with van der Waals surface area (Å²) in [5, 5.41) is 0.152. The topological polar surface area (TPSA) is 0 Å². The Kier molecular flexibility index (Phi) is 1.10. The van der Waals surface area contributed by atoms with Crippen molar-refractivity contribution in [1.29, 1.82) is 0 Å². The van der Waals surface area contributed by atoms with Gasteiger partial charge in [0.2, 0.25) is 0 Å². The molecule has 0 spiro atoms. The summed E-state index contributed by atoms with van der Waals surface area (Å²) < 4.78 is -0.242. The van der Waals surface area contributed by atoms with E-state index in [0.717, 1.165) is 6.42 Å². The molecule has 2 atom stereocenters. The van der Waals surface area contributed by atoms with Gasteiger partial charge >= 0.3 is 0 Å². The number of hydrogen-bond donors (Lipinski definition) is 0. The highest BCUT2D eigenvalue weighted by molar-refractivity contribution is 9.10. The van der Waals surface area contributed by atoms with Crippen LogP contribution in [-0.2, 0) is 0 Å². The second kappa shape index (κ2) is 1.27. The Morgan fingerprint density at radius 2 is 2.00 bits per heavy atom. The van der Waals surface area contributed by atoms with Gasteiger partial charge in [-0.2, -0.15) is 0 Å². The molecule has 3 heteroatoms. The SMILES string of the molecule is ClC1CC1(Cl)Br. The molecule has 0 amide bonds. The molecule has 0 nitrogen and oxygen atoms in total. The monoisotopic (exact) mass is 188 g/mol.